The number of benzene rings is 2. The highest BCUT2D eigenvalue weighted by molar-refractivity contribution is 9.10. The molecule has 0 saturated heterocycles. The quantitative estimate of drug-likeness (QED) is 0.728. The predicted octanol–water partition coefficient (Wildman–Crippen LogP) is 3.70. The fourth-order valence-corrected chi connectivity index (χ4v) is 3.85. The van der Waals surface area contributed by atoms with Crippen molar-refractivity contribution in [3.63, 3.8) is 0 Å². The fraction of sp³-hybridized carbons (Fsp3) is 0.222. The third-order valence-electron chi connectivity index (χ3n) is 4.01. The van der Waals surface area contributed by atoms with E-state index in [0.717, 1.165) is 10.0 Å². The van der Waals surface area contributed by atoms with Crippen molar-refractivity contribution in [3.8, 4) is 5.75 Å². The summed E-state index contributed by atoms with van der Waals surface area (Å²) < 4.78 is 23.9. The van der Waals surface area contributed by atoms with Crippen molar-refractivity contribution in [1.29, 1.82) is 0 Å². The largest absolute Gasteiger partial charge is 0.380 e. The molecule has 2 atom stereocenters. The Morgan fingerprint density at radius 2 is 1.85 bits per heavy atom. The summed E-state index contributed by atoms with van der Waals surface area (Å²) in [5, 5.41) is 0. The first kappa shape index (κ1) is 18.8. The Morgan fingerprint density at radius 1 is 1.19 bits per heavy atom. The lowest BCUT2D eigenvalue weighted by Crippen LogP contribution is -2.53. The monoisotopic (exact) mass is 437 g/mol. The van der Waals surface area contributed by atoms with E-state index in [2.05, 4.69) is 15.9 Å². The van der Waals surface area contributed by atoms with Crippen LogP contribution in [0.3, 0.4) is 0 Å². The zero-order valence-corrected chi connectivity index (χ0v) is 16.7. The van der Waals surface area contributed by atoms with Crippen LogP contribution in [-0.2, 0) is 20.3 Å². The Balaban J connectivity index is 1.90. The number of carbonyl (C=O) groups is 2. The molecule has 2 aromatic rings. The van der Waals surface area contributed by atoms with Crippen molar-refractivity contribution in [2.75, 3.05) is 4.90 Å². The molecule has 1 aliphatic rings. The van der Waals surface area contributed by atoms with Gasteiger partial charge in [-0.25, -0.2) is 4.18 Å². The predicted molar refractivity (Wildman–Crippen MR) is 101 cm³/mol. The second kappa shape index (κ2) is 6.94. The van der Waals surface area contributed by atoms with Gasteiger partial charge in [0.25, 0.3) is 0 Å². The van der Waals surface area contributed by atoms with Crippen LogP contribution in [-0.4, -0.2) is 21.6 Å². The van der Waals surface area contributed by atoms with E-state index >= 15 is 0 Å². The van der Waals surface area contributed by atoms with E-state index in [1.165, 1.54) is 18.7 Å². The zero-order chi connectivity index (χ0) is 19.1. The van der Waals surface area contributed by atoms with Gasteiger partial charge < -0.3 is 4.18 Å². The molecule has 1 amide bonds. The van der Waals surface area contributed by atoms with Crippen LogP contribution in [0.15, 0.2) is 46.9 Å². The molecule has 0 N–H and O–H groups in total. The molecule has 2 unspecified atom stereocenters. The number of nitrogens with zero attached hydrogens (tertiary/aromatic N) is 1. The fourth-order valence-electron chi connectivity index (χ4n) is 2.86. The van der Waals surface area contributed by atoms with E-state index in [1.54, 1.807) is 42.5 Å². The van der Waals surface area contributed by atoms with Crippen LogP contribution in [0.1, 0.15) is 29.8 Å². The molecule has 8 heteroatoms. The molecule has 0 fully saturated rings. The standard InChI is InChI=1S/C18H16BrNO5S/c1-11-4-9-15-16(10-11)20(12(2)21)18(3,17(15)22)25-26(23)24-14-7-5-13(19)6-8-14/h4-10H,1-3H3. The maximum absolute atomic E-state index is 12.9. The van der Waals surface area contributed by atoms with Crippen molar-refractivity contribution in [3.05, 3.63) is 58.1 Å². The van der Waals surface area contributed by atoms with Crippen LogP contribution < -0.4 is 9.08 Å². The number of amides is 1. The molecule has 1 aliphatic heterocycles. The topological polar surface area (TPSA) is 72.9 Å². The normalized spacial score (nSPS) is 20.0. The number of hydrogen-bond donors (Lipinski definition) is 0. The molecule has 1 heterocycles. The molecular weight excluding hydrogens is 422 g/mol. The summed E-state index contributed by atoms with van der Waals surface area (Å²) in [5.41, 5.74) is -0.0822. The zero-order valence-electron chi connectivity index (χ0n) is 14.3. The van der Waals surface area contributed by atoms with Gasteiger partial charge in [0.15, 0.2) is 0 Å². The molecule has 0 aromatic heterocycles. The van der Waals surface area contributed by atoms with Crippen LogP contribution in [0, 0.1) is 6.92 Å². The van der Waals surface area contributed by atoms with E-state index in [0.29, 0.717) is 17.0 Å². The Morgan fingerprint density at radius 3 is 2.46 bits per heavy atom. The average Bonchev–Trinajstić information content (AvgIpc) is 2.76. The van der Waals surface area contributed by atoms with Crippen LogP contribution in [0.2, 0.25) is 0 Å². The Labute approximate surface area is 162 Å². The van der Waals surface area contributed by atoms with Crippen molar-refractivity contribution < 1.29 is 22.2 Å². The lowest BCUT2D eigenvalue weighted by atomic mass is 10.1. The van der Waals surface area contributed by atoms with Crippen LogP contribution in [0.4, 0.5) is 5.69 Å². The summed E-state index contributed by atoms with van der Waals surface area (Å²) in [4.78, 5) is 26.3. The van der Waals surface area contributed by atoms with E-state index in [-0.39, 0.29) is 0 Å². The molecular formula is C18H16BrNO5S. The number of ketones is 1. The second-order valence-corrected chi connectivity index (χ2v) is 7.67. The van der Waals surface area contributed by atoms with Crippen molar-refractivity contribution >= 4 is 44.7 Å². The average molecular weight is 438 g/mol. The molecule has 0 saturated carbocycles. The van der Waals surface area contributed by atoms with E-state index in [9.17, 15) is 13.8 Å². The van der Waals surface area contributed by atoms with Gasteiger partial charge in [-0.3, -0.25) is 14.5 Å². The van der Waals surface area contributed by atoms with Crippen LogP contribution >= 0.6 is 15.9 Å². The summed E-state index contributed by atoms with van der Waals surface area (Å²) in [6.07, 6.45) is 0. The van der Waals surface area contributed by atoms with E-state index in [4.69, 9.17) is 8.37 Å². The van der Waals surface area contributed by atoms with E-state index in [1.807, 2.05) is 6.92 Å². The Bertz CT molecular complexity index is 914. The van der Waals surface area contributed by atoms with Crippen LogP contribution in [0.25, 0.3) is 0 Å². The third kappa shape index (κ3) is 3.32. The maximum Gasteiger partial charge on any atom is 0.363 e. The molecule has 0 spiro atoms. The van der Waals surface area contributed by atoms with Crippen molar-refractivity contribution in [2.24, 2.45) is 0 Å². The highest BCUT2D eigenvalue weighted by Crippen LogP contribution is 2.40. The summed E-state index contributed by atoms with van der Waals surface area (Å²) in [6, 6.07) is 11.8. The molecule has 26 heavy (non-hydrogen) atoms. The summed E-state index contributed by atoms with van der Waals surface area (Å²) in [5.74, 6) is -0.537. The van der Waals surface area contributed by atoms with Gasteiger partial charge in [0.1, 0.15) is 5.75 Å². The lowest BCUT2D eigenvalue weighted by molar-refractivity contribution is -0.118. The molecule has 0 bridgehead atoms. The number of Topliss-reactive ketones (excluding diaryl/α,β-unsaturated/α-hetero) is 1. The maximum atomic E-state index is 12.9. The second-order valence-electron chi connectivity index (χ2n) is 6.01. The number of aryl methyl sites for hydroxylation is 1. The Kier molecular flexibility index (Phi) is 5.01. The van der Waals surface area contributed by atoms with Gasteiger partial charge in [0.05, 0.1) is 5.69 Å². The minimum atomic E-state index is -2.29. The molecule has 3 rings (SSSR count). The van der Waals surface area contributed by atoms with Crippen molar-refractivity contribution in [2.45, 2.75) is 26.5 Å². The summed E-state index contributed by atoms with van der Waals surface area (Å²) >= 11 is 1.01. The number of rotatable bonds is 4. The third-order valence-corrected chi connectivity index (χ3v) is 5.33. The van der Waals surface area contributed by atoms with Gasteiger partial charge in [0.2, 0.25) is 17.4 Å². The first-order chi connectivity index (χ1) is 12.2. The molecule has 6 nitrogen and oxygen atoms in total. The molecule has 136 valence electrons. The van der Waals surface area contributed by atoms with Gasteiger partial charge in [-0.15, -0.1) is 0 Å². The van der Waals surface area contributed by atoms with Gasteiger partial charge in [0, 0.05) is 17.0 Å². The van der Waals surface area contributed by atoms with Gasteiger partial charge >= 0.3 is 11.4 Å². The summed E-state index contributed by atoms with van der Waals surface area (Å²) in [6.45, 7) is 4.59. The highest BCUT2D eigenvalue weighted by Gasteiger charge is 2.53. The van der Waals surface area contributed by atoms with Crippen LogP contribution in [0.5, 0.6) is 5.75 Å². The van der Waals surface area contributed by atoms with Gasteiger partial charge in [-0.1, -0.05) is 22.0 Å². The number of anilines is 1. The van der Waals surface area contributed by atoms with Gasteiger partial charge in [-0.05, 0) is 55.8 Å². The lowest BCUT2D eigenvalue weighted by Gasteiger charge is -2.31. The minimum Gasteiger partial charge on any atom is -0.380 e. The molecule has 2 aromatic carbocycles. The summed E-state index contributed by atoms with van der Waals surface area (Å²) in [7, 11) is 0. The molecule has 0 radical (unpaired) electrons. The molecule has 0 aliphatic carbocycles. The Hall–Kier alpha value is -2.03. The first-order valence-corrected chi connectivity index (χ1v) is 9.53. The van der Waals surface area contributed by atoms with E-state index < -0.39 is 28.8 Å². The minimum absolute atomic E-state index is 0.309. The number of hydrogen-bond acceptors (Lipinski definition) is 5. The number of fused-ring (bicyclic) bond motifs is 1. The number of halogens is 1. The SMILES string of the molecule is CC(=O)N1c2cc(C)ccc2C(=O)C1(C)OS(=O)Oc1ccc(Br)cc1. The van der Waals surface area contributed by atoms with Crippen molar-refractivity contribution in [1.82, 2.24) is 0 Å². The van der Waals surface area contributed by atoms with Gasteiger partial charge in [-0.2, -0.15) is 4.21 Å². The first-order valence-electron chi connectivity index (χ1n) is 7.74. The number of carbonyl (C=O) groups excluding carboxylic acids is 2. The smallest absolute Gasteiger partial charge is 0.363 e. The highest BCUT2D eigenvalue weighted by atomic mass is 79.9.